The van der Waals surface area contributed by atoms with Crippen molar-refractivity contribution in [2.75, 3.05) is 12.4 Å². The zero-order chi connectivity index (χ0) is 21.9. The Balaban J connectivity index is 1.90. The van der Waals surface area contributed by atoms with E-state index in [0.29, 0.717) is 22.5 Å². The summed E-state index contributed by atoms with van der Waals surface area (Å²) in [4.78, 5) is 4.33. The zero-order valence-corrected chi connectivity index (χ0v) is 16.9. The highest BCUT2D eigenvalue weighted by Gasteiger charge is 2.31. The molecule has 0 atom stereocenters. The first-order valence-electron chi connectivity index (χ1n) is 8.72. The molecule has 2 aromatic carbocycles. The van der Waals surface area contributed by atoms with Gasteiger partial charge in [0, 0.05) is 31.0 Å². The zero-order valence-electron chi connectivity index (χ0n) is 16.1. The normalized spacial score (nSPS) is 12.0. The summed E-state index contributed by atoms with van der Waals surface area (Å²) in [5.41, 5.74) is 2.21. The minimum atomic E-state index is -4.77. The fourth-order valence-corrected chi connectivity index (χ4v) is 3.53. The van der Waals surface area contributed by atoms with E-state index in [9.17, 15) is 21.6 Å². The predicted octanol–water partition coefficient (Wildman–Crippen LogP) is 3.51. The topological polar surface area (TPSA) is 85.3 Å². The highest BCUT2D eigenvalue weighted by molar-refractivity contribution is 7.89. The lowest BCUT2D eigenvalue weighted by atomic mass is 10.1. The number of rotatable bonds is 7. The second-order valence-corrected chi connectivity index (χ2v) is 8.27. The molecule has 0 aliphatic rings. The van der Waals surface area contributed by atoms with Gasteiger partial charge in [-0.15, -0.1) is 13.2 Å². The van der Waals surface area contributed by atoms with Crippen LogP contribution in [0.1, 0.15) is 5.56 Å². The first-order chi connectivity index (χ1) is 14.1. The van der Waals surface area contributed by atoms with Crippen molar-refractivity contribution in [3.8, 4) is 17.0 Å². The summed E-state index contributed by atoms with van der Waals surface area (Å²) < 4.78 is 69.5. The average Bonchev–Trinajstić information content (AvgIpc) is 3.11. The van der Waals surface area contributed by atoms with Gasteiger partial charge in [0.25, 0.3) is 0 Å². The number of hydrogen-bond donors (Lipinski definition) is 2. The monoisotopic (exact) mass is 440 g/mol. The van der Waals surface area contributed by atoms with Gasteiger partial charge in [0.2, 0.25) is 10.0 Å². The van der Waals surface area contributed by atoms with Crippen molar-refractivity contribution in [1.29, 1.82) is 0 Å². The summed E-state index contributed by atoms with van der Waals surface area (Å²) in [6, 6.07) is 10.1. The number of nitrogens with zero attached hydrogens (tertiary/aromatic N) is 2. The van der Waals surface area contributed by atoms with Crippen LogP contribution in [0.2, 0.25) is 0 Å². The number of alkyl halides is 3. The molecule has 0 bridgehead atoms. The molecule has 7 nitrogen and oxygen atoms in total. The second kappa shape index (κ2) is 8.36. The lowest BCUT2D eigenvalue weighted by Gasteiger charge is -2.14. The molecule has 11 heteroatoms. The van der Waals surface area contributed by atoms with Crippen molar-refractivity contribution in [3.63, 3.8) is 0 Å². The van der Waals surface area contributed by atoms with Gasteiger partial charge in [0.1, 0.15) is 5.75 Å². The molecule has 3 rings (SSSR count). The molecular weight excluding hydrogens is 421 g/mol. The van der Waals surface area contributed by atoms with Crippen molar-refractivity contribution in [2.45, 2.75) is 17.8 Å². The van der Waals surface area contributed by atoms with Crippen molar-refractivity contribution >= 4 is 15.7 Å². The van der Waals surface area contributed by atoms with E-state index in [1.807, 2.05) is 0 Å². The molecule has 3 aromatic rings. The van der Waals surface area contributed by atoms with Gasteiger partial charge in [-0.25, -0.2) is 18.1 Å². The number of sulfonamides is 1. The first-order valence-corrected chi connectivity index (χ1v) is 10.2. The quantitative estimate of drug-likeness (QED) is 0.587. The molecule has 0 radical (unpaired) electrons. The molecule has 2 N–H and O–H groups in total. The standard InChI is InChI=1S/C19H19F3N4O3S/c1-23-30(27,28)15-6-7-17(16(9-15)18-11-26(2)12-25-18)24-10-13-4-3-5-14(8-13)29-19(20,21)22/h3-9,11-12,23-24H,10H2,1-2H3. The first kappa shape index (κ1) is 21.7. The Morgan fingerprint density at radius 2 is 1.93 bits per heavy atom. The Morgan fingerprint density at radius 3 is 2.57 bits per heavy atom. The van der Waals surface area contributed by atoms with Crippen LogP contribution in [-0.4, -0.2) is 31.4 Å². The van der Waals surface area contributed by atoms with E-state index in [4.69, 9.17) is 0 Å². The third-order valence-electron chi connectivity index (χ3n) is 4.17. The highest BCUT2D eigenvalue weighted by atomic mass is 32.2. The number of anilines is 1. The van der Waals surface area contributed by atoms with Crippen LogP contribution >= 0.6 is 0 Å². The summed E-state index contributed by atoms with van der Waals surface area (Å²) in [5.74, 6) is -0.317. The molecule has 0 amide bonds. The maximum absolute atomic E-state index is 12.4. The Morgan fingerprint density at radius 1 is 1.17 bits per heavy atom. The van der Waals surface area contributed by atoms with Crippen molar-refractivity contribution in [3.05, 3.63) is 60.6 Å². The van der Waals surface area contributed by atoms with E-state index in [-0.39, 0.29) is 17.2 Å². The van der Waals surface area contributed by atoms with Crippen LogP contribution in [0.3, 0.4) is 0 Å². The van der Waals surface area contributed by atoms with Gasteiger partial charge in [-0.1, -0.05) is 12.1 Å². The van der Waals surface area contributed by atoms with Crippen molar-refractivity contribution in [1.82, 2.24) is 14.3 Å². The Bertz CT molecular complexity index is 1140. The molecule has 0 unspecified atom stereocenters. The van der Waals surface area contributed by atoms with E-state index in [0.717, 1.165) is 0 Å². The third kappa shape index (κ3) is 5.30. The maximum atomic E-state index is 12.4. The molecule has 0 spiro atoms. The average molecular weight is 440 g/mol. The summed E-state index contributed by atoms with van der Waals surface area (Å²) >= 11 is 0. The Labute approximate surface area is 171 Å². The highest BCUT2D eigenvalue weighted by Crippen LogP contribution is 2.30. The Hall–Kier alpha value is -3.05. The number of imidazole rings is 1. The number of aromatic nitrogens is 2. The number of halogens is 3. The number of aryl methyl sites for hydroxylation is 1. The van der Waals surface area contributed by atoms with Crippen LogP contribution in [-0.2, 0) is 23.6 Å². The van der Waals surface area contributed by atoms with Gasteiger partial charge in [-0.05, 0) is 42.9 Å². The lowest BCUT2D eigenvalue weighted by molar-refractivity contribution is -0.274. The fraction of sp³-hybridized carbons (Fsp3) is 0.211. The Kier molecular flexibility index (Phi) is 6.04. The van der Waals surface area contributed by atoms with Crippen LogP contribution in [0.15, 0.2) is 59.9 Å². The van der Waals surface area contributed by atoms with Gasteiger partial charge in [0.15, 0.2) is 0 Å². The van der Waals surface area contributed by atoms with E-state index in [1.165, 1.54) is 37.4 Å². The molecule has 1 heterocycles. The van der Waals surface area contributed by atoms with Crippen LogP contribution in [0.25, 0.3) is 11.3 Å². The predicted molar refractivity (Wildman–Crippen MR) is 105 cm³/mol. The molecule has 0 aliphatic carbocycles. The van der Waals surface area contributed by atoms with E-state index in [2.05, 4.69) is 19.8 Å². The fourth-order valence-electron chi connectivity index (χ4n) is 2.78. The van der Waals surface area contributed by atoms with Crippen LogP contribution in [0.4, 0.5) is 18.9 Å². The SMILES string of the molecule is CNS(=O)(=O)c1ccc(NCc2cccc(OC(F)(F)F)c2)c(-c2cn(C)cn2)c1. The summed E-state index contributed by atoms with van der Waals surface area (Å²) in [6.07, 6.45) is -1.46. The molecule has 0 fully saturated rings. The van der Waals surface area contributed by atoms with Crippen LogP contribution in [0, 0.1) is 0 Å². The van der Waals surface area contributed by atoms with Gasteiger partial charge in [0.05, 0.1) is 16.9 Å². The molecular formula is C19H19F3N4O3S. The van der Waals surface area contributed by atoms with Gasteiger partial charge >= 0.3 is 6.36 Å². The van der Waals surface area contributed by atoms with Crippen molar-refractivity contribution < 1.29 is 26.3 Å². The van der Waals surface area contributed by atoms with Gasteiger partial charge < -0.3 is 14.6 Å². The third-order valence-corrected chi connectivity index (χ3v) is 5.58. The molecule has 0 saturated heterocycles. The molecule has 160 valence electrons. The number of nitrogens with one attached hydrogen (secondary N) is 2. The molecule has 0 saturated carbocycles. The number of hydrogen-bond acceptors (Lipinski definition) is 5. The van der Waals surface area contributed by atoms with Crippen molar-refractivity contribution in [2.24, 2.45) is 7.05 Å². The maximum Gasteiger partial charge on any atom is 0.573 e. The van der Waals surface area contributed by atoms with Gasteiger partial charge in [-0.3, -0.25) is 0 Å². The van der Waals surface area contributed by atoms with Gasteiger partial charge in [-0.2, -0.15) is 0 Å². The second-order valence-electron chi connectivity index (χ2n) is 6.39. The lowest BCUT2D eigenvalue weighted by Crippen LogP contribution is -2.18. The van der Waals surface area contributed by atoms with Crippen LogP contribution < -0.4 is 14.8 Å². The summed E-state index contributed by atoms with van der Waals surface area (Å²) in [5, 5.41) is 3.12. The largest absolute Gasteiger partial charge is 0.573 e. The molecule has 1 aromatic heterocycles. The number of benzene rings is 2. The van der Waals surface area contributed by atoms with E-state index in [1.54, 1.807) is 36.3 Å². The van der Waals surface area contributed by atoms with Crippen LogP contribution in [0.5, 0.6) is 5.75 Å². The summed E-state index contributed by atoms with van der Waals surface area (Å²) in [7, 11) is -0.565. The van der Waals surface area contributed by atoms with E-state index >= 15 is 0 Å². The number of ether oxygens (including phenoxy) is 1. The minimum Gasteiger partial charge on any atom is -0.406 e. The smallest absolute Gasteiger partial charge is 0.406 e. The molecule has 30 heavy (non-hydrogen) atoms. The summed E-state index contributed by atoms with van der Waals surface area (Å²) in [6.45, 7) is 0.188. The minimum absolute atomic E-state index is 0.0665. The molecule has 0 aliphatic heterocycles. The van der Waals surface area contributed by atoms with E-state index < -0.39 is 16.4 Å².